The molecule has 0 saturated heterocycles. The van der Waals surface area contributed by atoms with Crippen LogP contribution in [0.2, 0.25) is 0 Å². The van der Waals surface area contributed by atoms with Crippen LogP contribution in [0.1, 0.15) is 5.56 Å². The van der Waals surface area contributed by atoms with Crippen molar-refractivity contribution >= 4 is 5.97 Å². The van der Waals surface area contributed by atoms with E-state index < -0.39 is 5.97 Å². The van der Waals surface area contributed by atoms with Crippen LogP contribution < -0.4 is 0 Å². The molecule has 2 nitrogen and oxygen atoms in total. The van der Waals surface area contributed by atoms with Gasteiger partial charge >= 0.3 is 5.97 Å². The molecule has 0 radical (unpaired) electrons. The van der Waals surface area contributed by atoms with Gasteiger partial charge < -0.3 is 4.74 Å². The summed E-state index contributed by atoms with van der Waals surface area (Å²) >= 11 is 0. The molecule has 0 heterocycles. The third kappa shape index (κ3) is 3.26. The smallest absolute Gasteiger partial charge is 0.344 e. The van der Waals surface area contributed by atoms with E-state index in [0.29, 0.717) is 0 Å². The topological polar surface area (TPSA) is 26.3 Å². The summed E-state index contributed by atoms with van der Waals surface area (Å²) in [6.07, 6.45) is 3.35. The Morgan fingerprint density at radius 3 is 2.69 bits per heavy atom. The summed E-state index contributed by atoms with van der Waals surface area (Å²) in [7, 11) is 0. The lowest BCUT2D eigenvalue weighted by Gasteiger charge is -1.87. The van der Waals surface area contributed by atoms with E-state index in [1.807, 2.05) is 30.3 Å². The van der Waals surface area contributed by atoms with Crippen LogP contribution in [-0.4, -0.2) is 5.97 Å². The summed E-state index contributed by atoms with van der Waals surface area (Å²) in [6, 6.07) is 9.27. The number of benzene rings is 1. The second kappa shape index (κ2) is 4.78. The van der Waals surface area contributed by atoms with Crippen molar-refractivity contribution in [3.8, 4) is 12.0 Å². The van der Waals surface area contributed by atoms with Gasteiger partial charge in [0.15, 0.2) is 0 Å². The van der Waals surface area contributed by atoms with Crippen LogP contribution in [0.15, 0.2) is 43.0 Å². The first-order valence-electron chi connectivity index (χ1n) is 3.72. The van der Waals surface area contributed by atoms with E-state index in [1.54, 1.807) is 0 Å². The maximum Gasteiger partial charge on any atom is 0.344 e. The summed E-state index contributed by atoms with van der Waals surface area (Å²) in [5.41, 5.74) is 0.805. The number of carbonyl (C=O) groups is 1. The van der Waals surface area contributed by atoms with Crippen molar-refractivity contribution in [2.75, 3.05) is 0 Å². The Hall–Kier alpha value is -2.01. The monoisotopic (exact) mass is 172 g/mol. The molecule has 0 fully saturated rings. The van der Waals surface area contributed by atoms with E-state index in [9.17, 15) is 4.79 Å². The Kier molecular flexibility index (Phi) is 3.34. The van der Waals surface area contributed by atoms with Gasteiger partial charge in [0.2, 0.25) is 0 Å². The van der Waals surface area contributed by atoms with Crippen molar-refractivity contribution in [1.29, 1.82) is 0 Å². The lowest BCUT2D eigenvalue weighted by molar-refractivity contribution is -0.131. The fourth-order valence-electron chi connectivity index (χ4n) is 0.698. The fourth-order valence-corrected chi connectivity index (χ4v) is 0.698. The number of ether oxygens (including phenoxy) is 1. The number of carbonyl (C=O) groups excluding carboxylic acids is 1. The number of hydrogen-bond donors (Lipinski definition) is 0. The highest BCUT2D eigenvalue weighted by atomic mass is 16.5. The van der Waals surface area contributed by atoms with E-state index in [0.717, 1.165) is 11.6 Å². The van der Waals surface area contributed by atoms with E-state index in [2.05, 4.69) is 23.3 Å². The van der Waals surface area contributed by atoms with Crippen molar-refractivity contribution in [3.05, 3.63) is 48.6 Å². The minimum atomic E-state index is -0.538. The van der Waals surface area contributed by atoms with E-state index in [4.69, 9.17) is 0 Å². The summed E-state index contributed by atoms with van der Waals surface area (Å²) < 4.78 is 4.48. The minimum absolute atomic E-state index is 0.538. The molecule has 0 aliphatic heterocycles. The molecule has 1 aromatic carbocycles. The predicted molar refractivity (Wildman–Crippen MR) is 49.6 cm³/mol. The molecular formula is C11H8O2. The zero-order chi connectivity index (χ0) is 9.52. The highest BCUT2D eigenvalue weighted by Crippen LogP contribution is 1.94. The predicted octanol–water partition coefficient (Wildman–Crippen LogP) is 1.72. The van der Waals surface area contributed by atoms with Crippen LogP contribution in [0.3, 0.4) is 0 Å². The fraction of sp³-hybridized carbons (Fsp3) is 0. The van der Waals surface area contributed by atoms with Crippen molar-refractivity contribution in [2.45, 2.75) is 0 Å². The van der Waals surface area contributed by atoms with Gasteiger partial charge in [-0.05, 0) is 18.1 Å². The van der Waals surface area contributed by atoms with Crippen molar-refractivity contribution in [2.24, 2.45) is 0 Å². The van der Waals surface area contributed by atoms with Crippen LogP contribution in [0.4, 0.5) is 0 Å². The Bertz CT molecular complexity index is 355. The zero-order valence-electron chi connectivity index (χ0n) is 6.99. The Morgan fingerprint density at radius 1 is 1.38 bits per heavy atom. The van der Waals surface area contributed by atoms with Gasteiger partial charge in [0.25, 0.3) is 0 Å². The van der Waals surface area contributed by atoms with Gasteiger partial charge in [0.05, 0.1) is 0 Å². The third-order valence-corrected chi connectivity index (χ3v) is 1.29. The average Bonchev–Trinajstić information content (AvgIpc) is 2.19. The highest BCUT2D eigenvalue weighted by molar-refractivity contribution is 5.82. The highest BCUT2D eigenvalue weighted by Gasteiger charge is 1.88. The molecule has 0 unspecified atom stereocenters. The van der Waals surface area contributed by atoms with Gasteiger partial charge in [-0.3, -0.25) is 0 Å². The lowest BCUT2D eigenvalue weighted by Crippen LogP contribution is -1.92. The molecule has 0 spiro atoms. The molecule has 0 aromatic heterocycles. The van der Waals surface area contributed by atoms with Crippen LogP contribution in [-0.2, 0) is 9.53 Å². The van der Waals surface area contributed by atoms with Crippen molar-refractivity contribution in [1.82, 2.24) is 0 Å². The van der Waals surface area contributed by atoms with Gasteiger partial charge in [-0.25, -0.2) is 4.79 Å². The molecule has 0 atom stereocenters. The van der Waals surface area contributed by atoms with E-state index in [1.165, 1.54) is 0 Å². The Balaban J connectivity index is 2.58. The first-order chi connectivity index (χ1) is 6.33. The Morgan fingerprint density at radius 2 is 2.08 bits per heavy atom. The van der Waals surface area contributed by atoms with Gasteiger partial charge in [0, 0.05) is 11.6 Å². The van der Waals surface area contributed by atoms with Crippen LogP contribution in [0.25, 0.3) is 0 Å². The van der Waals surface area contributed by atoms with Crippen LogP contribution in [0, 0.1) is 12.0 Å². The minimum Gasteiger partial charge on any atom is -0.369 e. The molecular weight excluding hydrogens is 164 g/mol. The molecule has 64 valence electrons. The summed E-state index contributed by atoms with van der Waals surface area (Å²) in [5.74, 6) is 2.13. The second-order valence-electron chi connectivity index (χ2n) is 2.22. The lowest BCUT2D eigenvalue weighted by atomic mass is 10.2. The molecule has 2 heteroatoms. The molecule has 0 aliphatic carbocycles. The standard InChI is InChI=1S/C11H8O2/c1-2-11(12)13-9-8-10-6-4-3-5-7-10/h2-7H,1H2. The van der Waals surface area contributed by atoms with E-state index >= 15 is 0 Å². The van der Waals surface area contributed by atoms with Crippen LogP contribution >= 0.6 is 0 Å². The molecule has 0 N–H and O–H groups in total. The van der Waals surface area contributed by atoms with E-state index in [-0.39, 0.29) is 0 Å². The number of hydrogen-bond acceptors (Lipinski definition) is 2. The number of rotatable bonds is 1. The second-order valence-corrected chi connectivity index (χ2v) is 2.22. The normalized spacial score (nSPS) is 8.00. The van der Waals surface area contributed by atoms with Crippen molar-refractivity contribution in [3.63, 3.8) is 0 Å². The summed E-state index contributed by atoms with van der Waals surface area (Å²) in [4.78, 5) is 10.6. The summed E-state index contributed by atoms with van der Waals surface area (Å²) in [5, 5.41) is 0. The first-order valence-corrected chi connectivity index (χ1v) is 3.72. The van der Waals surface area contributed by atoms with Crippen molar-refractivity contribution < 1.29 is 9.53 Å². The molecule has 1 aromatic rings. The van der Waals surface area contributed by atoms with Gasteiger partial charge in [-0.15, -0.1) is 0 Å². The third-order valence-electron chi connectivity index (χ3n) is 1.29. The molecule has 1 rings (SSSR count). The molecule has 0 amide bonds. The maximum atomic E-state index is 10.6. The Labute approximate surface area is 76.8 Å². The largest absolute Gasteiger partial charge is 0.369 e. The molecule has 0 bridgehead atoms. The quantitative estimate of drug-likeness (QED) is 0.366. The van der Waals surface area contributed by atoms with Gasteiger partial charge in [-0.2, -0.15) is 0 Å². The van der Waals surface area contributed by atoms with Gasteiger partial charge in [0.1, 0.15) is 6.11 Å². The molecule has 0 saturated carbocycles. The summed E-state index contributed by atoms with van der Waals surface area (Å²) in [6.45, 7) is 3.24. The van der Waals surface area contributed by atoms with Gasteiger partial charge in [-0.1, -0.05) is 24.8 Å². The number of esters is 1. The SMILES string of the molecule is C=CC(=O)OC#Cc1ccccc1. The first kappa shape index (κ1) is 9.08. The molecule has 13 heavy (non-hydrogen) atoms. The zero-order valence-corrected chi connectivity index (χ0v) is 6.99. The average molecular weight is 172 g/mol. The van der Waals surface area contributed by atoms with Crippen LogP contribution in [0.5, 0.6) is 0 Å². The maximum absolute atomic E-state index is 10.6. The molecule has 0 aliphatic rings.